The molecule has 1 saturated heterocycles. The molecule has 2 N–H and O–H groups in total. The third-order valence-corrected chi connectivity index (χ3v) is 9.34. The Morgan fingerprint density at radius 3 is 2.57 bits per heavy atom. The Morgan fingerprint density at radius 1 is 1.11 bits per heavy atom. The first-order chi connectivity index (χ1) is 21.2. The lowest BCUT2D eigenvalue weighted by atomic mass is 9.72. The molecule has 3 aromatic heterocycles. The molecule has 4 atom stereocenters. The number of methoxy groups -OCH3 is 1. The molecule has 44 heavy (non-hydrogen) atoms. The zero-order chi connectivity index (χ0) is 31.0. The summed E-state index contributed by atoms with van der Waals surface area (Å²) >= 11 is 0. The Kier molecular flexibility index (Phi) is 8.59. The molecule has 4 heterocycles. The van der Waals surface area contributed by atoms with Crippen LogP contribution >= 0.6 is 0 Å². The van der Waals surface area contributed by atoms with Crippen LogP contribution in [0, 0.1) is 17.6 Å². The number of rotatable bonds is 6. The number of fused-ring (bicyclic) bond motifs is 1. The molecule has 0 unspecified atom stereocenters. The lowest BCUT2D eigenvalue weighted by Gasteiger charge is -2.43. The minimum absolute atomic E-state index is 0.0764. The molecular formula is C33H38F2N6O3. The van der Waals surface area contributed by atoms with Gasteiger partial charge in [0.05, 0.1) is 36.1 Å². The van der Waals surface area contributed by atoms with Crippen molar-refractivity contribution < 1.29 is 23.0 Å². The summed E-state index contributed by atoms with van der Waals surface area (Å²) in [5.74, 6) is -0.248. The van der Waals surface area contributed by atoms with Gasteiger partial charge in [0.1, 0.15) is 17.5 Å². The minimum Gasteiger partial charge on any atom is -0.453 e. The van der Waals surface area contributed by atoms with Crippen LogP contribution in [0.5, 0.6) is 0 Å². The maximum absolute atomic E-state index is 15.4. The largest absolute Gasteiger partial charge is 0.453 e. The molecule has 1 aliphatic heterocycles. The smallest absolute Gasteiger partial charge is 0.409 e. The molecule has 11 heteroatoms. The number of carbonyl (C=O) groups excluding carboxylic acids is 1. The molecule has 2 fully saturated rings. The first-order valence-electron chi connectivity index (χ1n) is 15.1. The Balaban J connectivity index is 1.27. The van der Waals surface area contributed by atoms with Crippen molar-refractivity contribution in [2.45, 2.75) is 62.9 Å². The van der Waals surface area contributed by atoms with E-state index < -0.39 is 17.7 Å². The fourth-order valence-electron chi connectivity index (χ4n) is 7.21. The number of aromatic nitrogens is 4. The standard InChI is InChI=1S/C33H38F2N6O3/c1-19-12-22(15-28(36)32(19)40(2)33(42)43-3)25-6-9-37-17-23(25)16-30-38-18-24-4-5-29(39-41(24)30)31-26(34)13-21(14-27(31)35)20-7-10-44-11-8-20/h4-6,9,13-14,17-20,22,28,32H,7-8,10-12,15-16,36H2,1-3H3/t19-,22+,28+,32-/m0/s1. The highest BCUT2D eigenvalue weighted by Gasteiger charge is 2.39. The van der Waals surface area contributed by atoms with Gasteiger partial charge >= 0.3 is 6.09 Å². The van der Waals surface area contributed by atoms with E-state index in [0.29, 0.717) is 37.4 Å². The third-order valence-electron chi connectivity index (χ3n) is 9.34. The Hall–Kier alpha value is -3.96. The molecule has 4 aromatic rings. The number of nitrogens with zero attached hydrogens (tertiary/aromatic N) is 5. The van der Waals surface area contributed by atoms with Gasteiger partial charge in [0, 0.05) is 45.1 Å². The van der Waals surface area contributed by atoms with E-state index in [-0.39, 0.29) is 41.1 Å². The number of pyridine rings is 1. The topological polar surface area (TPSA) is 108 Å². The van der Waals surface area contributed by atoms with E-state index in [1.54, 1.807) is 41.0 Å². The van der Waals surface area contributed by atoms with Crippen molar-refractivity contribution in [1.29, 1.82) is 0 Å². The van der Waals surface area contributed by atoms with E-state index in [9.17, 15) is 4.79 Å². The number of halogens is 2. The van der Waals surface area contributed by atoms with E-state index in [2.05, 4.69) is 22.0 Å². The van der Waals surface area contributed by atoms with Crippen molar-refractivity contribution in [2.75, 3.05) is 27.4 Å². The van der Waals surface area contributed by atoms with Gasteiger partial charge < -0.3 is 20.1 Å². The third kappa shape index (κ3) is 5.78. The van der Waals surface area contributed by atoms with Gasteiger partial charge in [0.15, 0.2) is 0 Å². The van der Waals surface area contributed by atoms with Gasteiger partial charge in [0.2, 0.25) is 0 Å². The van der Waals surface area contributed by atoms with E-state index >= 15 is 8.78 Å². The molecule has 0 radical (unpaired) electrons. The van der Waals surface area contributed by atoms with Crippen molar-refractivity contribution in [3.05, 3.63) is 83.1 Å². The molecule has 1 aliphatic carbocycles. The highest BCUT2D eigenvalue weighted by molar-refractivity contribution is 5.67. The lowest BCUT2D eigenvalue weighted by molar-refractivity contribution is 0.0777. The van der Waals surface area contributed by atoms with Crippen molar-refractivity contribution in [2.24, 2.45) is 11.7 Å². The zero-order valence-corrected chi connectivity index (χ0v) is 25.2. The number of likely N-dealkylation sites (N-methyl/N-ethyl adjacent to an activating group) is 1. The minimum atomic E-state index is -0.631. The van der Waals surface area contributed by atoms with Crippen molar-refractivity contribution in [3.63, 3.8) is 0 Å². The molecule has 1 amide bonds. The van der Waals surface area contributed by atoms with Gasteiger partial charge in [-0.3, -0.25) is 4.98 Å². The first kappa shape index (κ1) is 30.1. The second-order valence-electron chi connectivity index (χ2n) is 12.1. The van der Waals surface area contributed by atoms with Gasteiger partial charge in [-0.1, -0.05) is 6.92 Å². The quantitative estimate of drug-likeness (QED) is 0.311. The highest BCUT2D eigenvalue weighted by Crippen LogP contribution is 2.39. The molecule has 0 spiro atoms. The van der Waals surface area contributed by atoms with Crippen LogP contribution in [0.25, 0.3) is 16.8 Å². The van der Waals surface area contributed by atoms with E-state index in [1.165, 1.54) is 19.2 Å². The maximum Gasteiger partial charge on any atom is 0.409 e. The number of hydrogen-bond acceptors (Lipinski definition) is 7. The van der Waals surface area contributed by atoms with Crippen LogP contribution in [0.4, 0.5) is 13.6 Å². The van der Waals surface area contributed by atoms with Crippen molar-refractivity contribution >= 4 is 11.6 Å². The zero-order valence-electron chi connectivity index (χ0n) is 25.2. The number of benzene rings is 1. The van der Waals surface area contributed by atoms with Crippen LogP contribution in [-0.4, -0.2) is 70.0 Å². The van der Waals surface area contributed by atoms with Crippen LogP contribution in [0.3, 0.4) is 0 Å². The Labute approximate surface area is 255 Å². The summed E-state index contributed by atoms with van der Waals surface area (Å²) < 4.78 is 42.8. The van der Waals surface area contributed by atoms with Crippen LogP contribution in [0.2, 0.25) is 0 Å². The van der Waals surface area contributed by atoms with Gasteiger partial charge in [-0.25, -0.2) is 23.1 Å². The summed E-state index contributed by atoms with van der Waals surface area (Å²) in [5.41, 5.74) is 10.2. The van der Waals surface area contributed by atoms with Crippen molar-refractivity contribution in [1.82, 2.24) is 24.5 Å². The number of nitrogens with two attached hydrogens (primary N) is 1. The number of ether oxygens (including phenoxy) is 2. The van der Waals surface area contributed by atoms with Crippen molar-refractivity contribution in [3.8, 4) is 11.3 Å². The number of imidazole rings is 1. The van der Waals surface area contributed by atoms with Crippen LogP contribution in [0.1, 0.15) is 67.0 Å². The average molecular weight is 605 g/mol. The second kappa shape index (κ2) is 12.6. The van der Waals surface area contributed by atoms with Crippen LogP contribution in [-0.2, 0) is 15.9 Å². The second-order valence-corrected chi connectivity index (χ2v) is 12.1. The van der Waals surface area contributed by atoms with E-state index in [0.717, 1.165) is 35.9 Å². The lowest BCUT2D eigenvalue weighted by Crippen LogP contribution is -2.55. The van der Waals surface area contributed by atoms with Gasteiger partial charge in [-0.15, -0.1) is 0 Å². The summed E-state index contributed by atoms with van der Waals surface area (Å²) in [6, 6.07) is 7.92. The fourth-order valence-corrected chi connectivity index (χ4v) is 7.21. The average Bonchev–Trinajstić information content (AvgIpc) is 3.42. The Bertz CT molecular complexity index is 1620. The van der Waals surface area contributed by atoms with Gasteiger partial charge in [-0.05, 0) is 90.5 Å². The monoisotopic (exact) mass is 604 g/mol. The van der Waals surface area contributed by atoms with Gasteiger partial charge in [-0.2, -0.15) is 5.10 Å². The molecule has 232 valence electrons. The summed E-state index contributed by atoms with van der Waals surface area (Å²) in [4.78, 5) is 22.8. The number of amides is 1. The maximum atomic E-state index is 15.4. The molecule has 1 aromatic carbocycles. The predicted octanol–water partition coefficient (Wildman–Crippen LogP) is 5.46. The highest BCUT2D eigenvalue weighted by atomic mass is 19.1. The molecule has 2 aliphatic rings. The summed E-state index contributed by atoms with van der Waals surface area (Å²) in [5, 5.41) is 4.65. The molecule has 6 rings (SSSR count). The summed E-state index contributed by atoms with van der Waals surface area (Å²) in [7, 11) is 3.10. The van der Waals surface area contributed by atoms with E-state index in [4.69, 9.17) is 15.2 Å². The van der Waals surface area contributed by atoms with Crippen LogP contribution < -0.4 is 5.73 Å². The van der Waals surface area contributed by atoms with Gasteiger partial charge in [0.25, 0.3) is 0 Å². The van der Waals surface area contributed by atoms with Crippen LogP contribution in [0.15, 0.2) is 48.9 Å². The molecule has 1 saturated carbocycles. The predicted molar refractivity (Wildman–Crippen MR) is 161 cm³/mol. The summed E-state index contributed by atoms with van der Waals surface area (Å²) in [6.45, 7) is 3.30. The molecule has 9 nitrogen and oxygen atoms in total. The van der Waals surface area contributed by atoms with E-state index in [1.807, 2.05) is 12.3 Å². The molecule has 0 bridgehead atoms. The number of hydrogen-bond donors (Lipinski definition) is 1. The SMILES string of the molecule is COC(=O)N(C)[C@@H]1[C@H](N)C[C@H](c2ccncc2Cc2ncc3ccc(-c4c(F)cc(C5CCOCC5)cc4F)nn23)C[C@@H]1C. The number of carbonyl (C=O) groups is 1. The fraction of sp³-hybridized carbons (Fsp3) is 0.455. The normalized spacial score (nSPS) is 22.7. The molecular weight excluding hydrogens is 566 g/mol. The first-order valence-corrected chi connectivity index (χ1v) is 15.1. The summed E-state index contributed by atoms with van der Waals surface area (Å²) in [6.07, 6.45) is 8.36. The Morgan fingerprint density at radius 2 is 1.86 bits per heavy atom.